The van der Waals surface area contributed by atoms with Gasteiger partial charge in [0.1, 0.15) is 4.90 Å². The molecule has 0 bridgehead atoms. The summed E-state index contributed by atoms with van der Waals surface area (Å²) < 4.78 is 28.6. The molecule has 0 atom stereocenters. The molecule has 0 aromatic heterocycles. The van der Waals surface area contributed by atoms with E-state index < -0.39 is 10.1 Å². The minimum Gasteiger partial charge on any atom is -0.265 e. The highest BCUT2D eigenvalue weighted by Gasteiger charge is 2.15. The predicted molar refractivity (Wildman–Crippen MR) is 78.1 cm³/mol. The van der Waals surface area contributed by atoms with Crippen LogP contribution in [0.15, 0.2) is 64.6 Å². The Labute approximate surface area is 118 Å². The summed E-state index contributed by atoms with van der Waals surface area (Å²) in [4.78, 5) is 0.0905. The Morgan fingerprint density at radius 2 is 1.60 bits per heavy atom. The van der Waals surface area contributed by atoms with Crippen LogP contribution in [0.4, 0.5) is 0 Å². The van der Waals surface area contributed by atoms with E-state index in [9.17, 15) is 8.42 Å². The first-order chi connectivity index (χ1) is 9.49. The Morgan fingerprint density at radius 3 is 2.20 bits per heavy atom. The third-order valence-corrected chi connectivity index (χ3v) is 3.89. The van der Waals surface area contributed by atoms with Crippen molar-refractivity contribution in [1.82, 2.24) is 0 Å². The van der Waals surface area contributed by atoms with E-state index in [1.807, 2.05) is 37.3 Å². The van der Waals surface area contributed by atoms with Crippen LogP contribution < -0.4 is 0 Å². The number of rotatable bonds is 4. The van der Waals surface area contributed by atoms with Crippen LogP contribution in [0, 0.1) is 6.92 Å². The van der Waals surface area contributed by atoms with Crippen LogP contribution in [0.2, 0.25) is 0 Å². The molecular weight excluding hydrogens is 274 g/mol. The van der Waals surface area contributed by atoms with Crippen LogP contribution in [0.1, 0.15) is 18.1 Å². The fourth-order valence-electron chi connectivity index (χ4n) is 1.58. The van der Waals surface area contributed by atoms with Gasteiger partial charge in [0.25, 0.3) is 0 Å². The van der Waals surface area contributed by atoms with Crippen molar-refractivity contribution in [2.24, 2.45) is 5.16 Å². The van der Waals surface area contributed by atoms with Crippen LogP contribution in [0.25, 0.3) is 0 Å². The molecule has 104 valence electrons. The lowest BCUT2D eigenvalue weighted by Gasteiger charge is -2.03. The second-order valence-electron chi connectivity index (χ2n) is 4.38. The lowest BCUT2D eigenvalue weighted by atomic mass is 10.1. The predicted octanol–water partition coefficient (Wildman–Crippen LogP) is 3.12. The number of nitrogens with zero attached hydrogens (tertiary/aromatic N) is 1. The first-order valence-corrected chi connectivity index (χ1v) is 7.50. The number of aryl methyl sites for hydroxylation is 1. The van der Waals surface area contributed by atoms with Gasteiger partial charge in [0.05, 0.1) is 5.71 Å². The normalized spacial score (nSPS) is 12.2. The first-order valence-electron chi connectivity index (χ1n) is 6.09. The highest BCUT2D eigenvalue weighted by atomic mass is 32.2. The SMILES string of the molecule is C/C(=N/OS(=O)(=O)c1ccc(C)cc1)c1ccccc1. The molecule has 0 heterocycles. The number of hydrogen-bond acceptors (Lipinski definition) is 4. The molecule has 2 aromatic carbocycles. The maximum atomic E-state index is 11.9. The van der Waals surface area contributed by atoms with Gasteiger partial charge in [-0.25, -0.2) is 0 Å². The van der Waals surface area contributed by atoms with Gasteiger partial charge < -0.3 is 0 Å². The van der Waals surface area contributed by atoms with E-state index in [4.69, 9.17) is 4.28 Å². The van der Waals surface area contributed by atoms with Gasteiger partial charge in [-0.15, -0.1) is 0 Å². The van der Waals surface area contributed by atoms with Crippen LogP contribution in [-0.4, -0.2) is 14.1 Å². The van der Waals surface area contributed by atoms with Gasteiger partial charge in [0.15, 0.2) is 0 Å². The van der Waals surface area contributed by atoms with Crippen molar-refractivity contribution < 1.29 is 12.7 Å². The zero-order valence-corrected chi connectivity index (χ0v) is 12.1. The van der Waals surface area contributed by atoms with Crippen molar-refractivity contribution in [1.29, 1.82) is 0 Å². The van der Waals surface area contributed by atoms with Crippen LogP contribution in [0.3, 0.4) is 0 Å². The molecule has 20 heavy (non-hydrogen) atoms. The number of hydrogen-bond donors (Lipinski definition) is 0. The summed E-state index contributed by atoms with van der Waals surface area (Å²) in [6.45, 7) is 3.58. The second-order valence-corrected chi connectivity index (χ2v) is 5.91. The highest BCUT2D eigenvalue weighted by Crippen LogP contribution is 2.14. The van der Waals surface area contributed by atoms with E-state index in [-0.39, 0.29) is 4.90 Å². The van der Waals surface area contributed by atoms with Gasteiger partial charge >= 0.3 is 10.1 Å². The molecule has 0 fully saturated rings. The number of benzene rings is 2. The monoisotopic (exact) mass is 289 g/mol. The molecule has 0 unspecified atom stereocenters. The van der Waals surface area contributed by atoms with Crippen LogP contribution in [-0.2, 0) is 14.4 Å². The van der Waals surface area contributed by atoms with E-state index >= 15 is 0 Å². The summed E-state index contributed by atoms with van der Waals surface area (Å²) in [6.07, 6.45) is 0. The van der Waals surface area contributed by atoms with E-state index in [2.05, 4.69) is 5.16 Å². The smallest absolute Gasteiger partial charge is 0.265 e. The third kappa shape index (κ3) is 3.45. The van der Waals surface area contributed by atoms with E-state index in [0.29, 0.717) is 5.71 Å². The Bertz CT molecular complexity index is 705. The summed E-state index contributed by atoms with van der Waals surface area (Å²) in [7, 11) is -3.87. The second kappa shape index (κ2) is 5.88. The van der Waals surface area contributed by atoms with Crippen LogP contribution >= 0.6 is 0 Å². The molecule has 0 N–H and O–H groups in total. The Balaban J connectivity index is 2.19. The van der Waals surface area contributed by atoms with Crippen LogP contribution in [0.5, 0.6) is 0 Å². The Hall–Kier alpha value is -2.14. The molecule has 0 saturated heterocycles. The average Bonchev–Trinajstić information content (AvgIpc) is 2.46. The summed E-state index contributed by atoms with van der Waals surface area (Å²) in [5.41, 5.74) is 2.29. The fourth-order valence-corrected chi connectivity index (χ4v) is 2.35. The van der Waals surface area contributed by atoms with Crippen molar-refractivity contribution in [3.8, 4) is 0 Å². The molecular formula is C15H15NO3S. The zero-order chi connectivity index (χ0) is 14.6. The van der Waals surface area contributed by atoms with Crippen molar-refractivity contribution in [2.75, 3.05) is 0 Å². The van der Waals surface area contributed by atoms with Gasteiger partial charge in [-0.2, -0.15) is 8.42 Å². The van der Waals surface area contributed by atoms with Gasteiger partial charge in [0.2, 0.25) is 0 Å². The molecule has 2 rings (SSSR count). The topological polar surface area (TPSA) is 55.7 Å². The standard InChI is InChI=1S/C15H15NO3S/c1-12-8-10-15(11-9-12)20(17,18)19-16-13(2)14-6-4-3-5-7-14/h3-11H,1-2H3/b16-13-. The molecule has 5 heteroatoms. The highest BCUT2D eigenvalue weighted by molar-refractivity contribution is 7.86. The van der Waals surface area contributed by atoms with Crippen molar-refractivity contribution in [2.45, 2.75) is 18.7 Å². The summed E-state index contributed by atoms with van der Waals surface area (Å²) in [5.74, 6) is 0. The minimum absolute atomic E-state index is 0.0905. The van der Waals surface area contributed by atoms with Gasteiger partial charge in [-0.3, -0.25) is 4.28 Å². The molecule has 2 aromatic rings. The molecule has 0 spiro atoms. The summed E-state index contributed by atoms with van der Waals surface area (Å²) in [6, 6.07) is 15.7. The molecule has 0 amide bonds. The quantitative estimate of drug-likeness (QED) is 0.642. The average molecular weight is 289 g/mol. The Kier molecular flexibility index (Phi) is 4.20. The molecule has 4 nitrogen and oxygen atoms in total. The Morgan fingerprint density at radius 1 is 1.00 bits per heavy atom. The molecule has 0 saturated carbocycles. The van der Waals surface area contributed by atoms with Crippen molar-refractivity contribution >= 4 is 15.8 Å². The minimum atomic E-state index is -3.87. The maximum Gasteiger partial charge on any atom is 0.358 e. The fraction of sp³-hybridized carbons (Fsp3) is 0.133. The van der Waals surface area contributed by atoms with Gasteiger partial charge in [0, 0.05) is 0 Å². The van der Waals surface area contributed by atoms with Crippen molar-refractivity contribution in [3.05, 3.63) is 65.7 Å². The zero-order valence-electron chi connectivity index (χ0n) is 11.3. The number of oxime groups is 1. The molecule has 0 aliphatic rings. The lowest BCUT2D eigenvalue weighted by Crippen LogP contribution is -2.05. The summed E-state index contributed by atoms with van der Waals surface area (Å²) >= 11 is 0. The first kappa shape index (κ1) is 14.3. The molecule has 0 radical (unpaired) electrons. The largest absolute Gasteiger partial charge is 0.358 e. The van der Waals surface area contributed by atoms with Crippen molar-refractivity contribution in [3.63, 3.8) is 0 Å². The third-order valence-electron chi connectivity index (χ3n) is 2.77. The lowest BCUT2D eigenvalue weighted by molar-refractivity contribution is 0.339. The van der Waals surface area contributed by atoms with E-state index in [1.165, 1.54) is 12.1 Å². The maximum absolute atomic E-state index is 11.9. The van der Waals surface area contributed by atoms with Gasteiger partial charge in [-0.1, -0.05) is 53.2 Å². The van der Waals surface area contributed by atoms with E-state index in [1.54, 1.807) is 19.1 Å². The molecule has 0 aliphatic carbocycles. The van der Waals surface area contributed by atoms with E-state index in [0.717, 1.165) is 11.1 Å². The summed E-state index contributed by atoms with van der Waals surface area (Å²) in [5, 5.41) is 3.69. The molecule has 0 aliphatic heterocycles. The van der Waals surface area contributed by atoms with Gasteiger partial charge in [-0.05, 0) is 31.5 Å².